The lowest BCUT2D eigenvalue weighted by Gasteiger charge is -2.24. The molecule has 1 aromatic rings. The average molecular weight is 206 g/mol. The van der Waals surface area contributed by atoms with Crippen LogP contribution < -0.4 is 0 Å². The molecule has 2 rings (SSSR count). The fraction of sp³-hybridized carbons (Fsp3) is 0.417. The number of carbonyl (C=O) groups is 1. The fourth-order valence-electron chi connectivity index (χ4n) is 1.93. The summed E-state index contributed by atoms with van der Waals surface area (Å²) in [5.41, 5.74) is 3.63. The summed E-state index contributed by atoms with van der Waals surface area (Å²) < 4.78 is 5.49. The van der Waals surface area contributed by atoms with E-state index < -0.39 is 5.97 Å². The molecule has 0 aliphatic carbocycles. The summed E-state index contributed by atoms with van der Waals surface area (Å²) in [6.45, 7) is 2.58. The highest BCUT2D eigenvalue weighted by molar-refractivity contribution is 5.67. The van der Waals surface area contributed by atoms with Gasteiger partial charge < -0.3 is 9.84 Å². The normalized spacial score (nSPS) is 19.7. The molecule has 0 saturated carbocycles. The first kappa shape index (κ1) is 10.2. The maximum absolute atomic E-state index is 10.6. The first-order valence-corrected chi connectivity index (χ1v) is 5.07. The molecular formula is C12H14O3. The quantitative estimate of drug-likeness (QED) is 0.804. The molecule has 1 aromatic carbocycles. The Hall–Kier alpha value is -1.35. The van der Waals surface area contributed by atoms with Crippen LogP contribution in [0.1, 0.15) is 23.1 Å². The Balaban J connectivity index is 2.13. The lowest BCUT2D eigenvalue weighted by atomic mass is 9.96. The van der Waals surface area contributed by atoms with Crippen molar-refractivity contribution in [1.29, 1.82) is 0 Å². The summed E-state index contributed by atoms with van der Waals surface area (Å²) in [6.07, 6.45) is 0.632. The summed E-state index contributed by atoms with van der Waals surface area (Å²) in [4.78, 5) is 10.6. The molecule has 1 aliphatic heterocycles. The summed E-state index contributed by atoms with van der Waals surface area (Å²) in [5, 5.41) is 8.68. The molecule has 0 aromatic heterocycles. The zero-order valence-electron chi connectivity index (χ0n) is 8.69. The lowest BCUT2D eigenvalue weighted by Crippen LogP contribution is -2.25. The topological polar surface area (TPSA) is 46.5 Å². The van der Waals surface area contributed by atoms with Crippen molar-refractivity contribution in [3.63, 3.8) is 0 Å². The van der Waals surface area contributed by atoms with Crippen LogP contribution in [0.5, 0.6) is 0 Å². The van der Waals surface area contributed by atoms with Crippen LogP contribution in [0.25, 0.3) is 0 Å². The van der Waals surface area contributed by atoms with E-state index in [9.17, 15) is 4.79 Å². The van der Waals surface area contributed by atoms with Crippen molar-refractivity contribution in [2.75, 3.05) is 0 Å². The van der Waals surface area contributed by atoms with Crippen molar-refractivity contribution in [3.05, 3.63) is 34.9 Å². The van der Waals surface area contributed by atoms with Crippen molar-refractivity contribution in [2.24, 2.45) is 0 Å². The largest absolute Gasteiger partial charge is 0.481 e. The highest BCUT2D eigenvalue weighted by Crippen LogP contribution is 2.23. The number of hydrogen-bond donors (Lipinski definition) is 1. The molecule has 3 heteroatoms. The predicted octanol–water partition coefficient (Wildman–Crippen LogP) is 1.91. The molecule has 0 spiro atoms. The van der Waals surface area contributed by atoms with Crippen LogP contribution in [0.4, 0.5) is 0 Å². The highest BCUT2D eigenvalue weighted by Gasteiger charge is 2.21. The third-order valence-corrected chi connectivity index (χ3v) is 2.69. The van der Waals surface area contributed by atoms with Crippen LogP contribution in [0.15, 0.2) is 18.2 Å². The van der Waals surface area contributed by atoms with Gasteiger partial charge in [0.1, 0.15) is 0 Å². The van der Waals surface area contributed by atoms with E-state index in [4.69, 9.17) is 9.84 Å². The van der Waals surface area contributed by atoms with E-state index in [-0.39, 0.29) is 12.5 Å². The molecule has 1 atom stereocenters. The van der Waals surface area contributed by atoms with Gasteiger partial charge in [0.2, 0.25) is 0 Å². The SMILES string of the molecule is Cc1ccc2c(c1)COC(CC(=O)O)C2. The van der Waals surface area contributed by atoms with Crippen molar-refractivity contribution < 1.29 is 14.6 Å². The average Bonchev–Trinajstić information content (AvgIpc) is 2.17. The second-order valence-electron chi connectivity index (χ2n) is 4.01. The van der Waals surface area contributed by atoms with Gasteiger partial charge in [0.15, 0.2) is 0 Å². The van der Waals surface area contributed by atoms with Crippen LogP contribution in [0.2, 0.25) is 0 Å². The molecule has 1 N–H and O–H groups in total. The van der Waals surface area contributed by atoms with Crippen molar-refractivity contribution >= 4 is 5.97 Å². The zero-order valence-corrected chi connectivity index (χ0v) is 8.69. The molecular weight excluding hydrogens is 192 g/mol. The Morgan fingerprint density at radius 1 is 1.53 bits per heavy atom. The van der Waals surface area contributed by atoms with Gasteiger partial charge in [0.05, 0.1) is 19.1 Å². The Morgan fingerprint density at radius 2 is 2.33 bits per heavy atom. The van der Waals surface area contributed by atoms with Crippen LogP contribution in [-0.2, 0) is 22.6 Å². The molecule has 0 fully saturated rings. The molecule has 3 nitrogen and oxygen atoms in total. The van der Waals surface area contributed by atoms with Gasteiger partial charge in [-0.2, -0.15) is 0 Å². The highest BCUT2D eigenvalue weighted by atomic mass is 16.5. The summed E-state index contributed by atoms with van der Waals surface area (Å²) in [6, 6.07) is 6.23. The Bertz CT molecular complexity index is 384. The maximum atomic E-state index is 10.6. The third kappa shape index (κ3) is 2.36. The van der Waals surface area contributed by atoms with E-state index in [0.717, 1.165) is 0 Å². The second-order valence-corrected chi connectivity index (χ2v) is 4.01. The summed E-state index contributed by atoms with van der Waals surface area (Å²) >= 11 is 0. The van der Waals surface area contributed by atoms with Gasteiger partial charge in [0, 0.05) is 0 Å². The van der Waals surface area contributed by atoms with E-state index in [0.29, 0.717) is 13.0 Å². The number of ether oxygens (including phenoxy) is 1. The smallest absolute Gasteiger partial charge is 0.305 e. The second kappa shape index (κ2) is 4.03. The van der Waals surface area contributed by atoms with Crippen LogP contribution in [0, 0.1) is 6.92 Å². The molecule has 1 heterocycles. The molecule has 1 unspecified atom stereocenters. The minimum atomic E-state index is -0.796. The van der Waals surface area contributed by atoms with E-state index in [1.54, 1.807) is 0 Å². The van der Waals surface area contributed by atoms with E-state index in [1.807, 2.05) is 6.92 Å². The fourth-order valence-corrected chi connectivity index (χ4v) is 1.93. The van der Waals surface area contributed by atoms with Crippen molar-refractivity contribution in [3.8, 4) is 0 Å². The van der Waals surface area contributed by atoms with Gasteiger partial charge in [-0.05, 0) is 24.5 Å². The van der Waals surface area contributed by atoms with E-state index >= 15 is 0 Å². The van der Waals surface area contributed by atoms with Crippen LogP contribution in [0.3, 0.4) is 0 Å². The van der Waals surface area contributed by atoms with Gasteiger partial charge in [-0.3, -0.25) is 4.79 Å². The minimum Gasteiger partial charge on any atom is -0.481 e. The number of aryl methyl sites for hydroxylation is 1. The zero-order chi connectivity index (χ0) is 10.8. The van der Waals surface area contributed by atoms with Crippen LogP contribution in [-0.4, -0.2) is 17.2 Å². The van der Waals surface area contributed by atoms with Crippen molar-refractivity contribution in [2.45, 2.75) is 32.5 Å². The number of fused-ring (bicyclic) bond motifs is 1. The van der Waals surface area contributed by atoms with E-state index in [2.05, 4.69) is 18.2 Å². The predicted molar refractivity (Wildman–Crippen MR) is 55.7 cm³/mol. The number of carboxylic acid groups (broad SMARTS) is 1. The monoisotopic (exact) mass is 206 g/mol. The van der Waals surface area contributed by atoms with Gasteiger partial charge in [-0.15, -0.1) is 0 Å². The standard InChI is InChI=1S/C12H14O3/c1-8-2-3-9-5-11(6-12(13)14)15-7-10(9)4-8/h2-4,11H,5-7H2,1H3,(H,13,14). The number of rotatable bonds is 2. The van der Waals surface area contributed by atoms with Crippen molar-refractivity contribution in [1.82, 2.24) is 0 Å². The molecule has 0 amide bonds. The molecule has 80 valence electrons. The third-order valence-electron chi connectivity index (χ3n) is 2.69. The lowest BCUT2D eigenvalue weighted by molar-refractivity contribution is -0.140. The van der Waals surface area contributed by atoms with E-state index in [1.165, 1.54) is 16.7 Å². The number of benzene rings is 1. The number of carboxylic acids is 1. The number of aliphatic carboxylic acids is 1. The summed E-state index contributed by atoms with van der Waals surface area (Å²) in [7, 11) is 0. The summed E-state index contributed by atoms with van der Waals surface area (Å²) in [5.74, 6) is -0.796. The Morgan fingerprint density at radius 3 is 3.07 bits per heavy atom. The molecule has 0 radical (unpaired) electrons. The first-order chi connectivity index (χ1) is 7.15. The van der Waals surface area contributed by atoms with Gasteiger partial charge in [-0.25, -0.2) is 0 Å². The Kier molecular flexibility index (Phi) is 2.73. The van der Waals surface area contributed by atoms with Gasteiger partial charge in [-0.1, -0.05) is 23.8 Å². The number of hydrogen-bond acceptors (Lipinski definition) is 2. The molecule has 1 aliphatic rings. The first-order valence-electron chi connectivity index (χ1n) is 5.07. The molecule has 15 heavy (non-hydrogen) atoms. The van der Waals surface area contributed by atoms with Gasteiger partial charge in [0.25, 0.3) is 0 Å². The molecule has 0 bridgehead atoms. The molecule has 0 saturated heterocycles. The minimum absolute atomic E-state index is 0.0906. The van der Waals surface area contributed by atoms with Crippen LogP contribution >= 0.6 is 0 Å². The maximum Gasteiger partial charge on any atom is 0.305 e. The Labute approximate surface area is 88.7 Å². The van der Waals surface area contributed by atoms with Gasteiger partial charge >= 0.3 is 5.97 Å².